The van der Waals surface area contributed by atoms with E-state index in [9.17, 15) is 19.5 Å². The van der Waals surface area contributed by atoms with E-state index in [0.29, 0.717) is 29.2 Å². The molecule has 0 aliphatic rings. The first-order valence-corrected chi connectivity index (χ1v) is 8.94. The number of amides is 2. The van der Waals surface area contributed by atoms with E-state index in [4.69, 9.17) is 4.74 Å². The topological polar surface area (TPSA) is 105 Å². The summed E-state index contributed by atoms with van der Waals surface area (Å²) in [6.07, 6.45) is -0.0278. The number of ether oxygens (including phenoxy) is 1. The molecule has 3 N–H and O–H groups in total. The van der Waals surface area contributed by atoms with E-state index in [1.54, 1.807) is 31.2 Å². The molecule has 7 nitrogen and oxygen atoms in total. The molecular formula is C21H24N2O5. The van der Waals surface area contributed by atoms with E-state index in [2.05, 4.69) is 10.6 Å². The number of para-hydroxylation sites is 1. The highest BCUT2D eigenvalue weighted by atomic mass is 16.5. The summed E-state index contributed by atoms with van der Waals surface area (Å²) in [5, 5.41) is 14.7. The minimum atomic E-state index is -1.06. The van der Waals surface area contributed by atoms with Crippen LogP contribution < -0.4 is 15.4 Å². The second kappa shape index (κ2) is 9.55. The zero-order chi connectivity index (χ0) is 20.7. The highest BCUT2D eigenvalue weighted by Crippen LogP contribution is 2.28. The van der Waals surface area contributed by atoms with Crippen LogP contribution in [0.3, 0.4) is 0 Å². The van der Waals surface area contributed by atoms with E-state index in [1.165, 1.54) is 13.0 Å². The Bertz CT molecular complexity index is 879. The van der Waals surface area contributed by atoms with Crippen molar-refractivity contribution in [3.63, 3.8) is 0 Å². The van der Waals surface area contributed by atoms with Gasteiger partial charge in [-0.05, 0) is 37.6 Å². The third-order valence-corrected chi connectivity index (χ3v) is 4.11. The Kier molecular flexibility index (Phi) is 7.14. The SMILES string of the molecule is CCOc1ccccc1C(CC(=O)Nc1ccc(C)c(C(=O)O)c1)NC(C)=O. The molecule has 0 aromatic heterocycles. The number of carbonyl (C=O) groups excluding carboxylic acids is 2. The Morgan fingerprint density at radius 2 is 1.86 bits per heavy atom. The lowest BCUT2D eigenvalue weighted by molar-refractivity contribution is -0.120. The molecule has 2 aromatic rings. The maximum absolute atomic E-state index is 12.6. The lowest BCUT2D eigenvalue weighted by Gasteiger charge is -2.21. The quantitative estimate of drug-likeness (QED) is 0.648. The van der Waals surface area contributed by atoms with Gasteiger partial charge in [-0.15, -0.1) is 0 Å². The molecule has 0 bridgehead atoms. The molecular weight excluding hydrogens is 360 g/mol. The van der Waals surface area contributed by atoms with Gasteiger partial charge >= 0.3 is 5.97 Å². The van der Waals surface area contributed by atoms with Crippen LogP contribution in [0.1, 0.15) is 47.8 Å². The van der Waals surface area contributed by atoms with Gasteiger partial charge in [0.15, 0.2) is 0 Å². The Hall–Kier alpha value is -3.35. The molecule has 0 fully saturated rings. The number of aromatic carboxylic acids is 1. The number of benzene rings is 2. The predicted molar refractivity (Wildman–Crippen MR) is 106 cm³/mol. The number of hydrogen-bond donors (Lipinski definition) is 3. The summed E-state index contributed by atoms with van der Waals surface area (Å²) in [6, 6.07) is 11.3. The van der Waals surface area contributed by atoms with Crippen LogP contribution in [0.5, 0.6) is 5.75 Å². The Morgan fingerprint density at radius 1 is 1.14 bits per heavy atom. The molecule has 148 valence electrons. The highest BCUT2D eigenvalue weighted by Gasteiger charge is 2.21. The fourth-order valence-electron chi connectivity index (χ4n) is 2.87. The first-order chi connectivity index (χ1) is 13.3. The molecule has 0 saturated heterocycles. The van der Waals surface area contributed by atoms with Gasteiger partial charge in [0.25, 0.3) is 0 Å². The number of hydrogen-bond acceptors (Lipinski definition) is 4. The average molecular weight is 384 g/mol. The largest absolute Gasteiger partial charge is 0.494 e. The molecule has 1 atom stereocenters. The minimum absolute atomic E-state index is 0.0278. The fourth-order valence-corrected chi connectivity index (χ4v) is 2.87. The summed E-state index contributed by atoms with van der Waals surface area (Å²) in [5.74, 6) is -1.09. The minimum Gasteiger partial charge on any atom is -0.494 e. The molecule has 2 aromatic carbocycles. The fraction of sp³-hybridized carbons (Fsp3) is 0.286. The first-order valence-electron chi connectivity index (χ1n) is 8.94. The average Bonchev–Trinajstić information content (AvgIpc) is 2.63. The van der Waals surface area contributed by atoms with Crippen LogP contribution >= 0.6 is 0 Å². The van der Waals surface area contributed by atoms with Crippen molar-refractivity contribution in [2.75, 3.05) is 11.9 Å². The van der Waals surface area contributed by atoms with Crippen molar-refractivity contribution < 1.29 is 24.2 Å². The number of anilines is 1. The zero-order valence-corrected chi connectivity index (χ0v) is 16.1. The standard InChI is InChI=1S/C21H24N2O5/c1-4-28-19-8-6-5-7-16(19)18(22-14(3)24)12-20(25)23-15-10-9-13(2)17(11-15)21(26)27/h5-11,18H,4,12H2,1-3H3,(H,22,24)(H,23,25)(H,26,27). The van der Waals surface area contributed by atoms with Crippen LogP contribution in [-0.2, 0) is 9.59 Å². The number of carboxylic acid groups (broad SMARTS) is 1. The van der Waals surface area contributed by atoms with Crippen LogP contribution in [0.25, 0.3) is 0 Å². The van der Waals surface area contributed by atoms with Gasteiger partial charge < -0.3 is 20.5 Å². The maximum atomic E-state index is 12.6. The molecule has 0 saturated carbocycles. The number of nitrogens with one attached hydrogen (secondary N) is 2. The van der Waals surface area contributed by atoms with Crippen molar-refractivity contribution in [3.05, 3.63) is 59.2 Å². The maximum Gasteiger partial charge on any atom is 0.336 e. The van der Waals surface area contributed by atoms with Crippen molar-refractivity contribution in [1.82, 2.24) is 5.32 Å². The summed E-state index contributed by atoms with van der Waals surface area (Å²) >= 11 is 0. The van der Waals surface area contributed by atoms with Gasteiger partial charge in [0.05, 0.1) is 24.6 Å². The third kappa shape index (κ3) is 5.57. The van der Waals surface area contributed by atoms with E-state index in [-0.39, 0.29) is 23.8 Å². The van der Waals surface area contributed by atoms with Gasteiger partial charge in [-0.25, -0.2) is 4.79 Å². The van der Waals surface area contributed by atoms with Gasteiger partial charge in [-0.1, -0.05) is 24.3 Å². The molecule has 0 heterocycles. The normalized spacial score (nSPS) is 11.4. The van der Waals surface area contributed by atoms with Crippen LogP contribution in [0.2, 0.25) is 0 Å². The molecule has 2 rings (SSSR count). The van der Waals surface area contributed by atoms with E-state index in [0.717, 1.165) is 0 Å². The number of rotatable bonds is 8. The molecule has 0 radical (unpaired) electrons. The second-order valence-electron chi connectivity index (χ2n) is 6.31. The molecule has 7 heteroatoms. The molecule has 0 aliphatic carbocycles. The summed E-state index contributed by atoms with van der Waals surface area (Å²) < 4.78 is 5.61. The lowest BCUT2D eigenvalue weighted by Crippen LogP contribution is -2.30. The predicted octanol–water partition coefficient (Wildman–Crippen LogP) is 3.30. The van der Waals surface area contributed by atoms with Crippen molar-refractivity contribution in [2.45, 2.75) is 33.2 Å². The van der Waals surface area contributed by atoms with Crippen molar-refractivity contribution in [1.29, 1.82) is 0 Å². The third-order valence-electron chi connectivity index (χ3n) is 4.11. The first kappa shape index (κ1) is 21.0. The van der Waals surface area contributed by atoms with Crippen LogP contribution in [0.4, 0.5) is 5.69 Å². The molecule has 2 amide bonds. The van der Waals surface area contributed by atoms with Crippen LogP contribution in [0, 0.1) is 6.92 Å². The number of carboxylic acids is 1. The van der Waals surface area contributed by atoms with E-state index < -0.39 is 12.0 Å². The van der Waals surface area contributed by atoms with E-state index in [1.807, 2.05) is 19.1 Å². The van der Waals surface area contributed by atoms with Crippen LogP contribution in [-0.4, -0.2) is 29.5 Å². The van der Waals surface area contributed by atoms with Gasteiger partial charge in [-0.2, -0.15) is 0 Å². The molecule has 28 heavy (non-hydrogen) atoms. The Balaban J connectivity index is 2.21. The lowest BCUT2D eigenvalue weighted by atomic mass is 10.0. The number of aryl methyl sites for hydroxylation is 1. The smallest absolute Gasteiger partial charge is 0.336 e. The second-order valence-corrected chi connectivity index (χ2v) is 6.31. The monoisotopic (exact) mass is 384 g/mol. The highest BCUT2D eigenvalue weighted by molar-refractivity contribution is 5.95. The summed E-state index contributed by atoms with van der Waals surface area (Å²) in [5.41, 5.74) is 1.81. The summed E-state index contributed by atoms with van der Waals surface area (Å²) in [7, 11) is 0. The van der Waals surface area contributed by atoms with Crippen molar-refractivity contribution in [2.24, 2.45) is 0 Å². The van der Waals surface area contributed by atoms with Gasteiger partial charge in [0.1, 0.15) is 5.75 Å². The van der Waals surface area contributed by atoms with Gasteiger partial charge in [0.2, 0.25) is 11.8 Å². The van der Waals surface area contributed by atoms with Gasteiger partial charge in [-0.3, -0.25) is 9.59 Å². The van der Waals surface area contributed by atoms with Crippen LogP contribution in [0.15, 0.2) is 42.5 Å². The van der Waals surface area contributed by atoms with E-state index >= 15 is 0 Å². The molecule has 1 unspecified atom stereocenters. The molecule has 0 aliphatic heterocycles. The van der Waals surface area contributed by atoms with Crippen molar-refractivity contribution >= 4 is 23.5 Å². The van der Waals surface area contributed by atoms with Crippen molar-refractivity contribution in [3.8, 4) is 5.75 Å². The summed E-state index contributed by atoms with van der Waals surface area (Å²) in [4.78, 5) is 35.5. The Labute approximate surface area is 163 Å². The Morgan fingerprint density at radius 3 is 2.50 bits per heavy atom. The van der Waals surface area contributed by atoms with Gasteiger partial charge in [0, 0.05) is 18.2 Å². The zero-order valence-electron chi connectivity index (χ0n) is 16.1. The summed E-state index contributed by atoms with van der Waals surface area (Å²) in [6.45, 7) is 5.38. The molecule has 0 spiro atoms. The number of carbonyl (C=O) groups is 3.